The van der Waals surface area contributed by atoms with E-state index < -0.39 is 23.7 Å². The van der Waals surface area contributed by atoms with Crippen LogP contribution in [0.5, 0.6) is 0 Å². The number of likely N-dealkylation sites (tertiary alicyclic amines) is 1. The SMILES string of the molecule is O=C1CCC(N2Cc3cc(C4CCN(Cc5noc(-c6ccc(C(F)(F)F)cc6)n5)CC4)ccc3C2=O)C(=O)N1. The number of benzene rings is 2. The lowest BCUT2D eigenvalue weighted by atomic mass is 9.88. The fourth-order valence-corrected chi connectivity index (χ4v) is 5.71. The number of hydrogen-bond acceptors (Lipinski definition) is 7. The number of hydrogen-bond donors (Lipinski definition) is 1. The van der Waals surface area contributed by atoms with E-state index >= 15 is 0 Å². The summed E-state index contributed by atoms with van der Waals surface area (Å²) in [7, 11) is 0. The summed E-state index contributed by atoms with van der Waals surface area (Å²) < 4.78 is 43.7. The van der Waals surface area contributed by atoms with Crippen LogP contribution in [0.15, 0.2) is 47.0 Å². The first-order valence-electron chi connectivity index (χ1n) is 13.2. The molecule has 4 heterocycles. The molecule has 3 aliphatic rings. The number of imide groups is 1. The van der Waals surface area contributed by atoms with Gasteiger partial charge in [-0.3, -0.25) is 24.6 Å². The molecule has 40 heavy (non-hydrogen) atoms. The number of aromatic nitrogens is 2. The quantitative estimate of drug-likeness (QED) is 0.478. The van der Waals surface area contributed by atoms with Crippen LogP contribution in [0.4, 0.5) is 13.2 Å². The molecule has 0 aliphatic carbocycles. The summed E-state index contributed by atoms with van der Waals surface area (Å²) in [5.41, 5.74) is 2.35. The second-order valence-corrected chi connectivity index (χ2v) is 10.5. The lowest BCUT2D eigenvalue weighted by Gasteiger charge is -2.31. The zero-order valence-electron chi connectivity index (χ0n) is 21.4. The van der Waals surface area contributed by atoms with Gasteiger partial charge in [0.1, 0.15) is 6.04 Å². The van der Waals surface area contributed by atoms with E-state index in [1.807, 2.05) is 12.1 Å². The van der Waals surface area contributed by atoms with Gasteiger partial charge in [0, 0.05) is 24.1 Å². The molecule has 0 spiro atoms. The molecule has 3 amide bonds. The third-order valence-electron chi connectivity index (χ3n) is 7.90. The van der Waals surface area contributed by atoms with Crippen LogP contribution < -0.4 is 5.32 Å². The summed E-state index contributed by atoms with van der Waals surface area (Å²) in [4.78, 5) is 44.9. The highest BCUT2D eigenvalue weighted by atomic mass is 19.4. The highest BCUT2D eigenvalue weighted by Gasteiger charge is 2.39. The van der Waals surface area contributed by atoms with Gasteiger partial charge in [-0.05, 0) is 79.7 Å². The lowest BCUT2D eigenvalue weighted by molar-refractivity contribution is -0.138. The topological polar surface area (TPSA) is 109 Å². The predicted molar refractivity (Wildman–Crippen MR) is 134 cm³/mol. The van der Waals surface area contributed by atoms with Crippen molar-refractivity contribution in [2.45, 2.75) is 56.9 Å². The Kier molecular flexibility index (Phi) is 6.65. The van der Waals surface area contributed by atoms with Crippen LogP contribution in [0.2, 0.25) is 0 Å². The molecule has 0 saturated carbocycles. The van der Waals surface area contributed by atoms with Crippen molar-refractivity contribution >= 4 is 17.7 Å². The molecule has 1 N–H and O–H groups in total. The number of rotatable bonds is 5. The van der Waals surface area contributed by atoms with Gasteiger partial charge in [0.25, 0.3) is 11.8 Å². The normalized spacial score (nSPS) is 20.6. The van der Waals surface area contributed by atoms with E-state index in [1.54, 1.807) is 4.90 Å². The smallest absolute Gasteiger partial charge is 0.334 e. The average molecular weight is 554 g/mol. The summed E-state index contributed by atoms with van der Waals surface area (Å²) in [5, 5.41) is 6.33. The molecule has 0 radical (unpaired) electrons. The van der Waals surface area contributed by atoms with Crippen LogP contribution in [-0.2, 0) is 28.9 Å². The number of nitrogens with zero attached hydrogens (tertiary/aromatic N) is 4. The van der Waals surface area contributed by atoms with Crippen molar-refractivity contribution in [2.24, 2.45) is 0 Å². The van der Waals surface area contributed by atoms with Crippen LogP contribution in [0.3, 0.4) is 0 Å². The van der Waals surface area contributed by atoms with Crippen molar-refractivity contribution in [1.29, 1.82) is 0 Å². The molecule has 3 aromatic rings. The largest absolute Gasteiger partial charge is 0.416 e. The number of halogens is 3. The number of piperidine rings is 2. The Bertz CT molecular complexity index is 1460. The standard InChI is InChI=1S/C28H26F3N5O4/c29-28(30,31)20-4-1-17(2-5-20)26-32-23(34-40-26)15-35-11-9-16(10-12-35)18-3-6-21-19(13-18)14-36(27(21)39)22-7-8-24(37)33-25(22)38/h1-6,13,16,22H,7-12,14-15H2,(H,33,37,38). The molecule has 6 rings (SSSR count). The highest BCUT2D eigenvalue weighted by molar-refractivity contribution is 6.05. The summed E-state index contributed by atoms with van der Waals surface area (Å²) in [5.74, 6) is 0.0579. The number of nitrogens with one attached hydrogen (secondary N) is 1. The fourth-order valence-electron chi connectivity index (χ4n) is 5.71. The van der Waals surface area contributed by atoms with Gasteiger partial charge in [-0.15, -0.1) is 0 Å². The van der Waals surface area contributed by atoms with E-state index in [0.717, 1.165) is 49.2 Å². The Hall–Kier alpha value is -4.06. The maximum Gasteiger partial charge on any atom is 0.416 e. The minimum atomic E-state index is -4.40. The van der Waals surface area contributed by atoms with Gasteiger partial charge in [0.05, 0.1) is 12.1 Å². The monoisotopic (exact) mass is 553 g/mol. The molecule has 208 valence electrons. The van der Waals surface area contributed by atoms with Crippen LogP contribution >= 0.6 is 0 Å². The molecule has 3 aliphatic heterocycles. The minimum absolute atomic E-state index is 0.178. The third kappa shape index (κ3) is 5.10. The molecule has 1 aromatic heterocycles. The zero-order chi connectivity index (χ0) is 28.0. The van der Waals surface area contributed by atoms with E-state index in [9.17, 15) is 27.6 Å². The lowest BCUT2D eigenvalue weighted by Crippen LogP contribution is -2.52. The van der Waals surface area contributed by atoms with Crippen molar-refractivity contribution in [3.63, 3.8) is 0 Å². The molecular formula is C28H26F3N5O4. The Morgan fingerprint density at radius 2 is 1.75 bits per heavy atom. The molecule has 2 saturated heterocycles. The third-order valence-corrected chi connectivity index (χ3v) is 7.90. The molecule has 0 bridgehead atoms. The second-order valence-electron chi connectivity index (χ2n) is 10.5. The van der Waals surface area contributed by atoms with Gasteiger partial charge in [-0.2, -0.15) is 18.2 Å². The van der Waals surface area contributed by atoms with Crippen LogP contribution in [0.25, 0.3) is 11.5 Å². The van der Waals surface area contributed by atoms with Gasteiger partial charge in [-0.25, -0.2) is 0 Å². The Balaban J connectivity index is 1.05. The Labute approximate surface area is 227 Å². The van der Waals surface area contributed by atoms with Gasteiger partial charge < -0.3 is 9.42 Å². The molecule has 12 heteroatoms. The summed E-state index contributed by atoms with van der Waals surface area (Å²) in [6, 6.07) is 9.88. The van der Waals surface area contributed by atoms with Gasteiger partial charge in [0.2, 0.25) is 11.8 Å². The summed E-state index contributed by atoms with van der Waals surface area (Å²) in [6.07, 6.45) is -2.05. The Morgan fingerprint density at radius 1 is 1.00 bits per heavy atom. The van der Waals surface area contributed by atoms with Crippen molar-refractivity contribution in [3.8, 4) is 11.5 Å². The highest BCUT2D eigenvalue weighted by Crippen LogP contribution is 2.34. The number of alkyl halides is 3. The summed E-state index contributed by atoms with van der Waals surface area (Å²) >= 11 is 0. The first-order chi connectivity index (χ1) is 19.2. The maximum absolute atomic E-state index is 13.0. The van der Waals surface area contributed by atoms with Gasteiger partial charge in [0.15, 0.2) is 5.82 Å². The van der Waals surface area contributed by atoms with E-state index in [2.05, 4.69) is 26.4 Å². The molecule has 2 fully saturated rings. The zero-order valence-corrected chi connectivity index (χ0v) is 21.4. The predicted octanol–water partition coefficient (Wildman–Crippen LogP) is 3.90. The number of fused-ring (bicyclic) bond motifs is 1. The van der Waals surface area contributed by atoms with Crippen molar-refractivity contribution in [1.82, 2.24) is 25.3 Å². The van der Waals surface area contributed by atoms with Gasteiger partial charge in [-0.1, -0.05) is 17.3 Å². The molecule has 9 nitrogen and oxygen atoms in total. The number of carbonyl (C=O) groups excluding carboxylic acids is 3. The van der Waals surface area contributed by atoms with Crippen LogP contribution in [-0.4, -0.2) is 56.8 Å². The van der Waals surface area contributed by atoms with Crippen molar-refractivity contribution in [3.05, 3.63) is 70.5 Å². The minimum Gasteiger partial charge on any atom is -0.334 e. The first kappa shape index (κ1) is 26.2. The fraction of sp³-hybridized carbons (Fsp3) is 0.393. The molecule has 2 aromatic carbocycles. The molecule has 1 atom stereocenters. The number of amides is 3. The number of carbonyl (C=O) groups is 3. The average Bonchev–Trinajstić information content (AvgIpc) is 3.53. The van der Waals surface area contributed by atoms with Crippen LogP contribution in [0.1, 0.15) is 64.5 Å². The summed E-state index contributed by atoms with van der Waals surface area (Å²) in [6.45, 7) is 2.42. The first-order valence-corrected chi connectivity index (χ1v) is 13.2. The van der Waals surface area contributed by atoms with E-state index in [-0.39, 0.29) is 24.1 Å². The van der Waals surface area contributed by atoms with Gasteiger partial charge >= 0.3 is 6.18 Å². The van der Waals surface area contributed by atoms with E-state index in [0.29, 0.717) is 42.4 Å². The molecular weight excluding hydrogens is 527 g/mol. The van der Waals surface area contributed by atoms with Crippen molar-refractivity contribution in [2.75, 3.05) is 13.1 Å². The Morgan fingerprint density at radius 3 is 2.45 bits per heavy atom. The second kappa shape index (κ2) is 10.2. The van der Waals surface area contributed by atoms with E-state index in [4.69, 9.17) is 4.52 Å². The van der Waals surface area contributed by atoms with Crippen LogP contribution in [0, 0.1) is 0 Å². The molecule has 1 unspecified atom stereocenters. The maximum atomic E-state index is 13.0. The van der Waals surface area contributed by atoms with Crippen molar-refractivity contribution < 1.29 is 32.1 Å². The van der Waals surface area contributed by atoms with E-state index in [1.165, 1.54) is 12.1 Å².